The number of rotatable bonds is 6. The summed E-state index contributed by atoms with van der Waals surface area (Å²) in [5, 5.41) is 10.6. The number of carbonyl (C=O) groups is 1. The van der Waals surface area contributed by atoms with Gasteiger partial charge in [-0.05, 0) is 35.4 Å². The van der Waals surface area contributed by atoms with E-state index in [4.69, 9.17) is 0 Å². The molecule has 0 aliphatic heterocycles. The molecule has 4 aromatic rings. The number of anilines is 1. The first kappa shape index (κ1) is 20.1. The molecule has 0 saturated heterocycles. The van der Waals surface area contributed by atoms with Crippen molar-refractivity contribution in [1.29, 1.82) is 5.26 Å². The molecule has 4 heteroatoms. The Bertz CT molecular complexity index is 1170. The van der Waals surface area contributed by atoms with Crippen molar-refractivity contribution in [1.82, 2.24) is 4.98 Å². The van der Waals surface area contributed by atoms with Crippen LogP contribution in [0.4, 0.5) is 5.82 Å². The van der Waals surface area contributed by atoms with Gasteiger partial charge in [0.05, 0.1) is 6.07 Å². The number of nitriles is 1. The average Bonchev–Trinajstić information content (AvgIpc) is 2.86. The van der Waals surface area contributed by atoms with Gasteiger partial charge in [-0.15, -0.1) is 0 Å². The highest BCUT2D eigenvalue weighted by atomic mass is 16.2. The fourth-order valence-corrected chi connectivity index (χ4v) is 3.74. The zero-order valence-corrected chi connectivity index (χ0v) is 16.9. The Hall–Kier alpha value is -4.23. The summed E-state index contributed by atoms with van der Waals surface area (Å²) >= 11 is 0. The minimum absolute atomic E-state index is 0.277. The maximum absolute atomic E-state index is 13.8. The van der Waals surface area contributed by atoms with Gasteiger partial charge in [0.15, 0.2) is 5.54 Å². The van der Waals surface area contributed by atoms with Crippen LogP contribution in [0.2, 0.25) is 0 Å². The van der Waals surface area contributed by atoms with Crippen LogP contribution >= 0.6 is 0 Å². The molecule has 0 aliphatic carbocycles. The van der Waals surface area contributed by atoms with Gasteiger partial charge >= 0.3 is 0 Å². The molecule has 1 atom stereocenters. The van der Waals surface area contributed by atoms with Gasteiger partial charge in [-0.2, -0.15) is 5.26 Å². The molecule has 0 N–H and O–H groups in total. The van der Waals surface area contributed by atoms with E-state index in [1.807, 2.05) is 84.9 Å². The molecule has 1 aromatic heterocycles. The third kappa shape index (κ3) is 4.08. The smallest absolute Gasteiger partial charge is 0.261 e. The monoisotopic (exact) mass is 403 g/mol. The first-order valence-electron chi connectivity index (χ1n) is 10.1. The predicted octanol–water partition coefficient (Wildman–Crippen LogP) is 5.39. The number of carbonyl (C=O) groups excluding carboxylic acids is 1. The van der Waals surface area contributed by atoms with Crippen LogP contribution in [0.25, 0.3) is 0 Å². The van der Waals surface area contributed by atoms with Crippen molar-refractivity contribution >= 4 is 11.7 Å². The van der Waals surface area contributed by atoms with Crippen molar-refractivity contribution in [2.75, 3.05) is 4.90 Å². The molecule has 0 fully saturated rings. The average molecular weight is 403 g/mol. The Labute approximate surface area is 182 Å². The fraction of sp³-hybridized carbons (Fsp3) is 0.0741. The number of amides is 1. The van der Waals surface area contributed by atoms with Gasteiger partial charge in [0.25, 0.3) is 5.91 Å². The first-order valence-corrected chi connectivity index (χ1v) is 10.1. The number of aromatic nitrogens is 1. The number of hydrogen-bond donors (Lipinski definition) is 0. The second-order valence-electron chi connectivity index (χ2n) is 7.20. The molecule has 3 aromatic carbocycles. The molecule has 0 saturated carbocycles. The number of hydrogen-bond acceptors (Lipinski definition) is 3. The Balaban J connectivity index is 1.96. The number of nitrogens with zero attached hydrogens (tertiary/aromatic N) is 3. The van der Waals surface area contributed by atoms with Gasteiger partial charge < -0.3 is 0 Å². The van der Waals surface area contributed by atoms with Gasteiger partial charge in [0, 0.05) is 18.2 Å². The molecule has 31 heavy (non-hydrogen) atoms. The van der Waals surface area contributed by atoms with Gasteiger partial charge in [0.1, 0.15) is 5.82 Å². The summed E-state index contributed by atoms with van der Waals surface area (Å²) in [6.07, 6.45) is 1.96. The van der Waals surface area contributed by atoms with Gasteiger partial charge in [-0.25, -0.2) is 4.98 Å². The van der Waals surface area contributed by atoms with E-state index in [-0.39, 0.29) is 5.91 Å². The molecule has 4 nitrogen and oxygen atoms in total. The molecule has 4 rings (SSSR count). The van der Waals surface area contributed by atoms with Crippen LogP contribution in [-0.4, -0.2) is 10.9 Å². The van der Waals surface area contributed by atoms with Crippen LogP contribution in [0, 0.1) is 11.3 Å². The quantitative estimate of drug-likeness (QED) is 0.434. The summed E-state index contributed by atoms with van der Waals surface area (Å²) in [6.45, 7) is 0. The summed E-state index contributed by atoms with van der Waals surface area (Å²) in [6, 6.07) is 36.1. The lowest BCUT2D eigenvalue weighted by Crippen LogP contribution is -2.51. The van der Waals surface area contributed by atoms with E-state index in [1.54, 1.807) is 30.5 Å². The zero-order valence-electron chi connectivity index (χ0n) is 16.9. The molecule has 0 bridgehead atoms. The van der Waals surface area contributed by atoms with Crippen LogP contribution in [0.15, 0.2) is 115 Å². The maximum atomic E-state index is 13.8. The van der Waals surface area contributed by atoms with E-state index in [1.165, 1.54) is 4.90 Å². The van der Waals surface area contributed by atoms with Crippen LogP contribution in [0.3, 0.4) is 0 Å². The van der Waals surface area contributed by atoms with Gasteiger partial charge in [-0.1, -0.05) is 84.9 Å². The second kappa shape index (κ2) is 9.06. The van der Waals surface area contributed by atoms with Crippen molar-refractivity contribution < 1.29 is 4.79 Å². The predicted molar refractivity (Wildman–Crippen MR) is 121 cm³/mol. The van der Waals surface area contributed by atoms with Crippen molar-refractivity contribution in [3.8, 4) is 6.07 Å². The molecule has 0 radical (unpaired) electrons. The highest BCUT2D eigenvalue weighted by Crippen LogP contribution is 2.36. The van der Waals surface area contributed by atoms with Crippen molar-refractivity contribution in [2.24, 2.45) is 0 Å². The van der Waals surface area contributed by atoms with E-state index in [0.717, 1.165) is 11.1 Å². The zero-order chi connectivity index (χ0) is 21.5. The highest BCUT2D eigenvalue weighted by molar-refractivity contribution is 6.07. The van der Waals surface area contributed by atoms with E-state index in [2.05, 4.69) is 11.1 Å². The summed E-state index contributed by atoms with van der Waals surface area (Å²) in [5.41, 5.74) is 0.895. The molecule has 1 amide bonds. The molecule has 1 unspecified atom stereocenters. The molecular formula is C27H21N3O. The summed E-state index contributed by atoms with van der Waals surface area (Å²) in [5.74, 6) is 0.151. The first-order chi connectivity index (χ1) is 15.2. The summed E-state index contributed by atoms with van der Waals surface area (Å²) in [4.78, 5) is 19.8. The topological polar surface area (TPSA) is 57.0 Å². The molecular weight excluding hydrogens is 382 g/mol. The minimum Gasteiger partial charge on any atom is -0.269 e. The highest BCUT2D eigenvalue weighted by Gasteiger charge is 2.44. The summed E-state index contributed by atoms with van der Waals surface area (Å²) < 4.78 is 0. The minimum atomic E-state index is -1.29. The van der Waals surface area contributed by atoms with Crippen LogP contribution in [0.1, 0.15) is 21.5 Å². The largest absolute Gasteiger partial charge is 0.269 e. The number of pyridine rings is 1. The van der Waals surface area contributed by atoms with Crippen molar-refractivity contribution in [3.63, 3.8) is 0 Å². The Kier molecular flexibility index (Phi) is 5.86. The molecule has 0 spiro atoms. The van der Waals surface area contributed by atoms with Crippen LogP contribution in [-0.2, 0) is 12.0 Å². The normalized spacial score (nSPS) is 12.4. The van der Waals surface area contributed by atoms with Crippen molar-refractivity contribution in [3.05, 3.63) is 132 Å². The lowest BCUT2D eigenvalue weighted by Gasteiger charge is -2.39. The van der Waals surface area contributed by atoms with E-state index in [9.17, 15) is 10.1 Å². The maximum Gasteiger partial charge on any atom is 0.261 e. The van der Waals surface area contributed by atoms with Gasteiger partial charge in [0.2, 0.25) is 0 Å². The molecule has 150 valence electrons. The summed E-state index contributed by atoms with van der Waals surface area (Å²) in [7, 11) is 0. The second-order valence-corrected chi connectivity index (χ2v) is 7.20. The molecule has 1 heterocycles. The van der Waals surface area contributed by atoms with Crippen molar-refractivity contribution in [2.45, 2.75) is 12.0 Å². The lowest BCUT2D eigenvalue weighted by atomic mass is 9.82. The standard InChI is InChI=1S/C27H21N3O/c28-21-27(24-16-8-3-9-17-24,20-22-12-4-1-5-13-22)30(25-18-10-11-19-29-25)26(31)23-14-6-2-7-15-23/h1-19H,20H2. The van der Waals surface area contributed by atoms with Crippen LogP contribution in [0.5, 0.6) is 0 Å². The number of benzene rings is 3. The van der Waals surface area contributed by atoms with Crippen LogP contribution < -0.4 is 4.90 Å². The van der Waals surface area contributed by atoms with Gasteiger partial charge in [-0.3, -0.25) is 9.69 Å². The Morgan fingerprint density at radius 3 is 1.97 bits per heavy atom. The Morgan fingerprint density at radius 1 is 0.806 bits per heavy atom. The third-order valence-electron chi connectivity index (χ3n) is 5.22. The Morgan fingerprint density at radius 2 is 1.39 bits per heavy atom. The SMILES string of the molecule is N#CC(Cc1ccccc1)(c1ccccc1)N(C(=O)c1ccccc1)c1ccccn1. The fourth-order valence-electron chi connectivity index (χ4n) is 3.74. The van der Waals surface area contributed by atoms with E-state index < -0.39 is 5.54 Å². The van der Waals surface area contributed by atoms with E-state index in [0.29, 0.717) is 17.8 Å². The van der Waals surface area contributed by atoms with E-state index >= 15 is 0 Å². The lowest BCUT2D eigenvalue weighted by molar-refractivity contribution is 0.0963. The molecule has 0 aliphatic rings. The third-order valence-corrected chi connectivity index (χ3v) is 5.22.